The van der Waals surface area contributed by atoms with Gasteiger partial charge in [-0.25, -0.2) is 9.97 Å². The molecular formula is C22H27N5O2. The Bertz CT molecular complexity index is 963. The largest absolute Gasteiger partial charge is 0.391 e. The van der Waals surface area contributed by atoms with E-state index in [4.69, 9.17) is 14.7 Å². The van der Waals surface area contributed by atoms with Gasteiger partial charge in [-0.1, -0.05) is 25.1 Å². The Kier molecular flexibility index (Phi) is 5.87. The maximum atomic E-state index is 9.57. The molecule has 7 nitrogen and oxygen atoms in total. The summed E-state index contributed by atoms with van der Waals surface area (Å²) in [6.07, 6.45) is 2.32. The summed E-state index contributed by atoms with van der Waals surface area (Å²) in [6.45, 7) is 7.39. The van der Waals surface area contributed by atoms with E-state index in [0.29, 0.717) is 19.8 Å². The first-order valence-corrected chi connectivity index (χ1v) is 10.2. The molecule has 0 saturated carbocycles. The van der Waals surface area contributed by atoms with Crippen molar-refractivity contribution >= 4 is 5.95 Å². The van der Waals surface area contributed by atoms with Gasteiger partial charge in [0.1, 0.15) is 0 Å². The van der Waals surface area contributed by atoms with Crippen molar-refractivity contribution in [2.45, 2.75) is 32.9 Å². The summed E-state index contributed by atoms with van der Waals surface area (Å²) >= 11 is 0. The Labute approximate surface area is 171 Å². The van der Waals surface area contributed by atoms with E-state index in [9.17, 15) is 5.11 Å². The summed E-state index contributed by atoms with van der Waals surface area (Å²) < 4.78 is 7.23. The van der Waals surface area contributed by atoms with Crippen LogP contribution in [0.5, 0.6) is 0 Å². The molecule has 3 heterocycles. The van der Waals surface area contributed by atoms with Gasteiger partial charge in [-0.05, 0) is 31.5 Å². The van der Waals surface area contributed by atoms with Crippen molar-refractivity contribution in [1.82, 2.24) is 19.7 Å². The van der Waals surface area contributed by atoms with Gasteiger partial charge in [0.2, 0.25) is 5.95 Å². The first kappa shape index (κ1) is 19.5. The zero-order valence-electron chi connectivity index (χ0n) is 17.0. The molecule has 1 aliphatic heterocycles. The minimum atomic E-state index is -0.429. The van der Waals surface area contributed by atoms with Crippen molar-refractivity contribution in [3.8, 4) is 22.5 Å². The average molecular weight is 393 g/mol. The molecule has 0 amide bonds. The summed E-state index contributed by atoms with van der Waals surface area (Å²) in [4.78, 5) is 11.8. The molecule has 1 saturated heterocycles. The summed E-state index contributed by atoms with van der Waals surface area (Å²) in [5.41, 5.74) is 4.90. The van der Waals surface area contributed by atoms with Gasteiger partial charge in [-0.15, -0.1) is 0 Å². The van der Waals surface area contributed by atoms with E-state index in [1.54, 1.807) is 11.6 Å². The third-order valence-corrected chi connectivity index (χ3v) is 4.97. The van der Waals surface area contributed by atoms with E-state index in [0.717, 1.165) is 53.7 Å². The molecule has 1 aromatic carbocycles. The van der Waals surface area contributed by atoms with Crippen LogP contribution in [0.4, 0.5) is 5.95 Å². The minimum absolute atomic E-state index is 0.429. The molecule has 152 valence electrons. The molecule has 1 N–H and O–H groups in total. The van der Waals surface area contributed by atoms with Gasteiger partial charge in [-0.2, -0.15) is 5.10 Å². The normalized spacial score (nSPS) is 15.5. The van der Waals surface area contributed by atoms with E-state index in [2.05, 4.69) is 35.1 Å². The van der Waals surface area contributed by atoms with E-state index in [1.807, 2.05) is 24.4 Å². The number of hydrogen-bond donors (Lipinski definition) is 1. The number of hydrogen-bond acceptors (Lipinski definition) is 6. The molecular weight excluding hydrogens is 366 g/mol. The van der Waals surface area contributed by atoms with Crippen LogP contribution >= 0.6 is 0 Å². The second-order valence-electron chi connectivity index (χ2n) is 7.35. The lowest BCUT2D eigenvalue weighted by Crippen LogP contribution is -2.37. The summed E-state index contributed by atoms with van der Waals surface area (Å²) in [6, 6.07) is 12.3. The van der Waals surface area contributed by atoms with Crippen molar-refractivity contribution in [3.05, 3.63) is 48.3 Å². The molecule has 1 unspecified atom stereocenters. The molecule has 0 radical (unpaired) electrons. The Morgan fingerprint density at radius 3 is 2.55 bits per heavy atom. The number of nitrogens with zero attached hydrogens (tertiary/aromatic N) is 5. The van der Waals surface area contributed by atoms with Crippen molar-refractivity contribution in [3.63, 3.8) is 0 Å². The number of benzene rings is 1. The molecule has 0 spiro atoms. The highest BCUT2D eigenvalue weighted by Crippen LogP contribution is 2.26. The number of aliphatic hydroxyl groups excluding tert-OH is 1. The van der Waals surface area contributed by atoms with Gasteiger partial charge in [0, 0.05) is 36.1 Å². The maximum absolute atomic E-state index is 9.57. The van der Waals surface area contributed by atoms with Crippen LogP contribution in [-0.4, -0.2) is 57.3 Å². The van der Waals surface area contributed by atoms with Crippen LogP contribution < -0.4 is 4.90 Å². The first-order chi connectivity index (χ1) is 14.1. The van der Waals surface area contributed by atoms with Gasteiger partial charge in [0.15, 0.2) is 0 Å². The maximum Gasteiger partial charge on any atom is 0.226 e. The van der Waals surface area contributed by atoms with Crippen LogP contribution in [0, 0.1) is 0 Å². The lowest BCUT2D eigenvalue weighted by atomic mass is 10.1. The van der Waals surface area contributed by atoms with Crippen molar-refractivity contribution < 1.29 is 9.84 Å². The molecule has 1 atom stereocenters. The molecule has 1 fully saturated rings. The summed E-state index contributed by atoms with van der Waals surface area (Å²) in [5.74, 6) is 0.772. The fraction of sp³-hybridized carbons (Fsp3) is 0.409. The number of rotatable bonds is 6. The standard InChI is InChI=1S/C22H27N5O2/c1-3-19-14-21(24-22(23-19)26-9-11-29-12-10-26)18-6-4-5-17(13-18)20-7-8-27(25-20)15-16(2)28/h4-8,13-14,16,28H,3,9-12,15H2,1-2H3. The fourth-order valence-corrected chi connectivity index (χ4v) is 3.44. The smallest absolute Gasteiger partial charge is 0.226 e. The number of aromatic nitrogens is 4. The van der Waals surface area contributed by atoms with Crippen molar-refractivity contribution in [1.29, 1.82) is 0 Å². The fourth-order valence-electron chi connectivity index (χ4n) is 3.44. The Morgan fingerprint density at radius 2 is 1.83 bits per heavy atom. The Hall–Kier alpha value is -2.77. The number of morpholine rings is 1. The van der Waals surface area contributed by atoms with Gasteiger partial charge < -0.3 is 14.7 Å². The topological polar surface area (TPSA) is 76.3 Å². The van der Waals surface area contributed by atoms with Gasteiger partial charge in [0.25, 0.3) is 0 Å². The van der Waals surface area contributed by atoms with Gasteiger partial charge in [-0.3, -0.25) is 4.68 Å². The first-order valence-electron chi connectivity index (χ1n) is 10.2. The molecule has 2 aromatic heterocycles. The highest BCUT2D eigenvalue weighted by molar-refractivity contribution is 5.70. The zero-order chi connectivity index (χ0) is 20.2. The molecule has 29 heavy (non-hydrogen) atoms. The van der Waals surface area contributed by atoms with Crippen LogP contribution in [0.25, 0.3) is 22.5 Å². The van der Waals surface area contributed by atoms with E-state index < -0.39 is 6.10 Å². The second-order valence-corrected chi connectivity index (χ2v) is 7.35. The van der Waals surface area contributed by atoms with Crippen LogP contribution in [0.3, 0.4) is 0 Å². The van der Waals surface area contributed by atoms with E-state index in [-0.39, 0.29) is 0 Å². The van der Waals surface area contributed by atoms with Crippen LogP contribution in [0.2, 0.25) is 0 Å². The van der Waals surface area contributed by atoms with E-state index in [1.165, 1.54) is 0 Å². The number of aliphatic hydroxyl groups is 1. The zero-order valence-corrected chi connectivity index (χ0v) is 17.0. The number of aryl methyl sites for hydroxylation is 1. The SMILES string of the molecule is CCc1cc(-c2cccc(-c3ccn(CC(C)O)n3)c2)nc(N2CCOCC2)n1. The lowest BCUT2D eigenvalue weighted by molar-refractivity contribution is 0.122. The van der Waals surface area contributed by atoms with Gasteiger partial charge >= 0.3 is 0 Å². The Balaban J connectivity index is 1.66. The monoisotopic (exact) mass is 393 g/mol. The molecule has 4 rings (SSSR count). The third kappa shape index (κ3) is 4.63. The van der Waals surface area contributed by atoms with Crippen LogP contribution in [-0.2, 0) is 17.7 Å². The van der Waals surface area contributed by atoms with Crippen molar-refractivity contribution in [2.75, 3.05) is 31.2 Å². The highest BCUT2D eigenvalue weighted by atomic mass is 16.5. The number of ether oxygens (including phenoxy) is 1. The minimum Gasteiger partial charge on any atom is -0.391 e. The second kappa shape index (κ2) is 8.71. The van der Waals surface area contributed by atoms with Gasteiger partial charge in [0.05, 0.1) is 37.3 Å². The highest BCUT2D eigenvalue weighted by Gasteiger charge is 2.16. The predicted octanol–water partition coefficient (Wildman–Crippen LogP) is 2.79. The summed E-state index contributed by atoms with van der Waals surface area (Å²) in [7, 11) is 0. The molecule has 3 aromatic rings. The van der Waals surface area contributed by atoms with E-state index >= 15 is 0 Å². The average Bonchev–Trinajstić information content (AvgIpc) is 3.22. The quantitative estimate of drug-likeness (QED) is 0.694. The van der Waals surface area contributed by atoms with Crippen LogP contribution in [0.15, 0.2) is 42.6 Å². The number of anilines is 1. The lowest BCUT2D eigenvalue weighted by Gasteiger charge is -2.27. The predicted molar refractivity (Wildman–Crippen MR) is 113 cm³/mol. The molecule has 0 aliphatic carbocycles. The Morgan fingerprint density at radius 1 is 1.07 bits per heavy atom. The third-order valence-electron chi connectivity index (χ3n) is 4.97. The summed E-state index contributed by atoms with van der Waals surface area (Å²) in [5, 5.41) is 14.2. The molecule has 7 heteroatoms. The van der Waals surface area contributed by atoms with Crippen LogP contribution in [0.1, 0.15) is 19.5 Å². The van der Waals surface area contributed by atoms with Crippen molar-refractivity contribution in [2.24, 2.45) is 0 Å². The molecule has 0 bridgehead atoms. The molecule has 1 aliphatic rings.